The van der Waals surface area contributed by atoms with Gasteiger partial charge in [0.25, 0.3) is 11.8 Å². The van der Waals surface area contributed by atoms with Crippen LogP contribution < -0.4 is 16.8 Å². The third-order valence-corrected chi connectivity index (χ3v) is 5.11. The Bertz CT molecular complexity index is 1290. The molecule has 150 valence electrons. The molecule has 0 aliphatic carbocycles. The summed E-state index contributed by atoms with van der Waals surface area (Å²) in [6.45, 7) is 0.186. The van der Waals surface area contributed by atoms with Gasteiger partial charge < -0.3 is 16.8 Å². The molecule has 2 heterocycles. The zero-order chi connectivity index (χ0) is 21.3. The second-order valence-corrected chi connectivity index (χ2v) is 7.03. The Hall–Kier alpha value is -3.99. The van der Waals surface area contributed by atoms with Crippen LogP contribution in [0.25, 0.3) is 21.6 Å². The van der Waals surface area contributed by atoms with Crippen molar-refractivity contribution in [2.24, 2.45) is 11.5 Å². The highest BCUT2D eigenvalue weighted by Gasteiger charge is 2.20. The molecule has 0 saturated carbocycles. The standard InChI is InChI=1S/C19H14FN7O2S/c20-10-4-1-3-9(7-10)8-23-18-14(17(22)29)25-26-19(24-18)15-11-5-2-6-12(16(21)28)13(11)27-30-15/h1-7H,8H2,(H2,21,28)(H2,22,29)(H,23,24,26). The molecular formula is C19H14FN7O2S. The van der Waals surface area contributed by atoms with Crippen LogP contribution in [0.1, 0.15) is 26.4 Å². The van der Waals surface area contributed by atoms with Crippen LogP contribution in [0.2, 0.25) is 0 Å². The predicted octanol–water partition coefficient (Wildman–Crippen LogP) is 2.10. The maximum Gasteiger partial charge on any atom is 0.273 e. The first-order valence-corrected chi connectivity index (χ1v) is 9.43. The Morgan fingerprint density at radius 1 is 1.07 bits per heavy atom. The van der Waals surface area contributed by atoms with Crippen LogP contribution in [-0.4, -0.2) is 31.4 Å². The summed E-state index contributed by atoms with van der Waals surface area (Å²) >= 11 is 1.07. The number of benzene rings is 2. The molecular weight excluding hydrogens is 409 g/mol. The summed E-state index contributed by atoms with van der Waals surface area (Å²) in [5.74, 6) is -1.50. The predicted molar refractivity (Wildman–Crippen MR) is 109 cm³/mol. The molecule has 5 N–H and O–H groups in total. The van der Waals surface area contributed by atoms with Gasteiger partial charge in [0.1, 0.15) is 10.7 Å². The summed E-state index contributed by atoms with van der Waals surface area (Å²) in [4.78, 5) is 28.3. The molecule has 0 bridgehead atoms. The number of anilines is 1. The molecule has 4 rings (SSSR count). The Balaban J connectivity index is 1.74. The maximum absolute atomic E-state index is 13.4. The Morgan fingerprint density at radius 3 is 2.60 bits per heavy atom. The number of rotatable bonds is 6. The molecule has 0 radical (unpaired) electrons. The van der Waals surface area contributed by atoms with Crippen LogP contribution in [0.15, 0.2) is 42.5 Å². The highest BCUT2D eigenvalue weighted by molar-refractivity contribution is 7.11. The molecule has 2 aromatic heterocycles. The minimum Gasteiger partial charge on any atom is -0.366 e. The summed E-state index contributed by atoms with van der Waals surface area (Å²) in [5, 5.41) is 11.5. The van der Waals surface area contributed by atoms with Crippen molar-refractivity contribution < 1.29 is 14.0 Å². The van der Waals surface area contributed by atoms with Crippen LogP contribution >= 0.6 is 11.5 Å². The first-order chi connectivity index (χ1) is 14.4. The molecule has 11 heteroatoms. The van der Waals surface area contributed by atoms with E-state index in [9.17, 15) is 14.0 Å². The molecule has 0 spiro atoms. The summed E-state index contributed by atoms with van der Waals surface area (Å²) in [5.41, 5.74) is 12.0. The van der Waals surface area contributed by atoms with Gasteiger partial charge in [0, 0.05) is 11.9 Å². The second-order valence-electron chi connectivity index (χ2n) is 6.26. The summed E-state index contributed by atoms with van der Waals surface area (Å²) < 4.78 is 17.7. The van der Waals surface area contributed by atoms with E-state index in [4.69, 9.17) is 11.5 Å². The highest BCUT2D eigenvalue weighted by Crippen LogP contribution is 2.32. The molecule has 0 saturated heterocycles. The average molecular weight is 423 g/mol. The molecule has 0 fully saturated rings. The van der Waals surface area contributed by atoms with E-state index in [1.807, 2.05) is 0 Å². The second kappa shape index (κ2) is 7.79. The lowest BCUT2D eigenvalue weighted by Gasteiger charge is -2.09. The smallest absolute Gasteiger partial charge is 0.273 e. The van der Waals surface area contributed by atoms with Gasteiger partial charge in [-0.2, -0.15) is 4.37 Å². The SMILES string of the molecule is NC(=O)c1nnc(-c2snc3c(C(N)=O)cccc23)nc1NCc1cccc(F)c1. The fourth-order valence-electron chi connectivity index (χ4n) is 2.87. The third kappa shape index (κ3) is 3.65. The number of hydrogen-bond acceptors (Lipinski definition) is 8. The number of halogens is 1. The van der Waals surface area contributed by atoms with Crippen molar-refractivity contribution in [2.75, 3.05) is 5.32 Å². The van der Waals surface area contributed by atoms with Gasteiger partial charge in [-0.15, -0.1) is 10.2 Å². The van der Waals surface area contributed by atoms with E-state index >= 15 is 0 Å². The van der Waals surface area contributed by atoms with E-state index in [2.05, 4.69) is 24.9 Å². The Morgan fingerprint density at radius 2 is 1.87 bits per heavy atom. The van der Waals surface area contributed by atoms with Gasteiger partial charge in [-0.3, -0.25) is 9.59 Å². The molecule has 9 nitrogen and oxygen atoms in total. The molecule has 2 amide bonds. The number of nitrogens with two attached hydrogens (primary N) is 2. The summed E-state index contributed by atoms with van der Waals surface area (Å²) in [6.07, 6.45) is 0. The number of nitrogens with zero attached hydrogens (tertiary/aromatic N) is 4. The van der Waals surface area contributed by atoms with Crippen molar-refractivity contribution >= 4 is 40.1 Å². The van der Waals surface area contributed by atoms with E-state index < -0.39 is 11.8 Å². The van der Waals surface area contributed by atoms with Crippen molar-refractivity contribution in [1.29, 1.82) is 0 Å². The largest absolute Gasteiger partial charge is 0.366 e. The Labute approximate surface area is 173 Å². The molecule has 4 aromatic rings. The van der Waals surface area contributed by atoms with Crippen LogP contribution in [0, 0.1) is 5.82 Å². The number of nitrogens with one attached hydrogen (secondary N) is 1. The zero-order valence-electron chi connectivity index (χ0n) is 15.3. The fourth-order valence-corrected chi connectivity index (χ4v) is 3.68. The van der Waals surface area contributed by atoms with Gasteiger partial charge in [0.05, 0.1) is 11.1 Å². The van der Waals surface area contributed by atoms with E-state index in [0.717, 1.165) is 11.5 Å². The molecule has 0 atom stereocenters. The number of fused-ring (bicyclic) bond motifs is 1. The number of carbonyl (C=O) groups is 2. The van der Waals surface area contributed by atoms with Crippen LogP contribution in [0.3, 0.4) is 0 Å². The maximum atomic E-state index is 13.4. The van der Waals surface area contributed by atoms with Crippen LogP contribution in [0.4, 0.5) is 10.2 Å². The van der Waals surface area contributed by atoms with E-state index in [-0.39, 0.29) is 35.3 Å². The number of amides is 2. The molecule has 0 aliphatic rings. The van der Waals surface area contributed by atoms with Crippen LogP contribution in [-0.2, 0) is 6.54 Å². The summed E-state index contributed by atoms with van der Waals surface area (Å²) in [6, 6.07) is 11.0. The highest BCUT2D eigenvalue weighted by atomic mass is 32.1. The van der Waals surface area contributed by atoms with Crippen molar-refractivity contribution in [3.05, 3.63) is 65.1 Å². The zero-order valence-corrected chi connectivity index (χ0v) is 16.1. The van der Waals surface area contributed by atoms with Crippen molar-refractivity contribution in [3.63, 3.8) is 0 Å². The van der Waals surface area contributed by atoms with Crippen molar-refractivity contribution in [3.8, 4) is 10.7 Å². The molecule has 0 aliphatic heterocycles. The lowest BCUT2D eigenvalue weighted by molar-refractivity contribution is 0.0989. The quantitative estimate of drug-likeness (QED) is 0.430. The van der Waals surface area contributed by atoms with E-state index in [1.165, 1.54) is 12.1 Å². The van der Waals surface area contributed by atoms with E-state index in [1.54, 1.807) is 30.3 Å². The van der Waals surface area contributed by atoms with Gasteiger partial charge in [0.2, 0.25) is 0 Å². The molecule has 2 aromatic carbocycles. The van der Waals surface area contributed by atoms with Gasteiger partial charge in [-0.25, -0.2) is 9.37 Å². The van der Waals surface area contributed by atoms with Crippen LogP contribution in [0.5, 0.6) is 0 Å². The monoisotopic (exact) mass is 423 g/mol. The topological polar surface area (TPSA) is 150 Å². The number of primary amides is 2. The van der Waals surface area contributed by atoms with Gasteiger partial charge >= 0.3 is 0 Å². The third-order valence-electron chi connectivity index (χ3n) is 4.25. The normalized spacial score (nSPS) is 10.8. The Kier molecular flexibility index (Phi) is 5.02. The first-order valence-electron chi connectivity index (χ1n) is 8.65. The lowest BCUT2D eigenvalue weighted by Crippen LogP contribution is -2.19. The summed E-state index contributed by atoms with van der Waals surface area (Å²) in [7, 11) is 0. The average Bonchev–Trinajstić information content (AvgIpc) is 3.16. The first kappa shape index (κ1) is 19.3. The van der Waals surface area contributed by atoms with Crippen molar-refractivity contribution in [2.45, 2.75) is 6.54 Å². The molecule has 30 heavy (non-hydrogen) atoms. The number of carbonyl (C=O) groups excluding carboxylic acids is 2. The minimum absolute atomic E-state index is 0.101. The molecule has 0 unspecified atom stereocenters. The van der Waals surface area contributed by atoms with E-state index in [0.29, 0.717) is 21.3 Å². The minimum atomic E-state index is -0.812. The van der Waals surface area contributed by atoms with Gasteiger partial charge in [-0.1, -0.05) is 24.3 Å². The fraction of sp³-hybridized carbons (Fsp3) is 0.0526. The van der Waals surface area contributed by atoms with Gasteiger partial charge in [0.15, 0.2) is 17.3 Å². The lowest BCUT2D eigenvalue weighted by atomic mass is 10.1. The number of aromatic nitrogens is 4. The van der Waals surface area contributed by atoms with Gasteiger partial charge in [-0.05, 0) is 35.3 Å². The van der Waals surface area contributed by atoms with Crippen molar-refractivity contribution in [1.82, 2.24) is 19.6 Å². The number of hydrogen-bond donors (Lipinski definition) is 3.